The second kappa shape index (κ2) is 6.25. The maximum absolute atomic E-state index is 12.6. The quantitative estimate of drug-likeness (QED) is 0.615. The molecule has 5 heteroatoms. The molecule has 2 rings (SSSR count). The summed E-state index contributed by atoms with van der Waals surface area (Å²) in [5.41, 5.74) is -0.0645. The maximum atomic E-state index is 12.6. The summed E-state index contributed by atoms with van der Waals surface area (Å²) in [6.45, 7) is 0. The van der Waals surface area contributed by atoms with Crippen molar-refractivity contribution < 1.29 is 18.0 Å². The van der Waals surface area contributed by atoms with Crippen LogP contribution in [0.15, 0.2) is 54.6 Å². The molecule has 0 saturated carbocycles. The zero-order valence-electron chi connectivity index (χ0n) is 10.4. The molecule has 1 nitrogen and oxygen atoms in total. The van der Waals surface area contributed by atoms with Crippen molar-refractivity contribution in [3.63, 3.8) is 0 Å². The first kappa shape index (κ1) is 14.8. The molecule has 0 heterocycles. The van der Waals surface area contributed by atoms with Crippen molar-refractivity contribution in [3.8, 4) is 0 Å². The number of alkyl halides is 3. The number of Topliss-reactive ketones (excluding diaryl/α,β-unsaturated/α-hetero) is 1. The summed E-state index contributed by atoms with van der Waals surface area (Å²) in [5, 5.41) is 0.262. The molecule has 2 aromatic rings. The number of rotatable bonds is 4. The second-order valence-corrected chi connectivity index (χ2v) is 6.30. The van der Waals surface area contributed by atoms with E-state index in [4.69, 9.17) is 0 Å². The topological polar surface area (TPSA) is 17.1 Å². The first-order chi connectivity index (χ1) is 9.47. The van der Waals surface area contributed by atoms with E-state index in [-0.39, 0.29) is 26.1 Å². The number of halogens is 3. The van der Waals surface area contributed by atoms with Crippen LogP contribution in [0.3, 0.4) is 0 Å². The SMILES string of the molecule is O=C(C[Se]c1cccc(C(F)(F)F)c1)c1ccccc1. The second-order valence-electron chi connectivity index (χ2n) is 4.10. The Hall–Kier alpha value is -1.58. The van der Waals surface area contributed by atoms with Gasteiger partial charge in [0.15, 0.2) is 0 Å². The monoisotopic (exact) mass is 344 g/mol. The summed E-state index contributed by atoms with van der Waals surface area (Å²) in [4.78, 5) is 11.9. The van der Waals surface area contributed by atoms with Crippen LogP contribution in [0, 0.1) is 0 Å². The van der Waals surface area contributed by atoms with E-state index in [9.17, 15) is 18.0 Å². The van der Waals surface area contributed by atoms with Crippen LogP contribution in [0.4, 0.5) is 13.2 Å². The number of carbonyl (C=O) groups excluding carboxylic acids is 1. The minimum absolute atomic E-state index is 0.0389. The molecule has 2 aromatic carbocycles. The molecular weight excluding hydrogens is 332 g/mol. The van der Waals surface area contributed by atoms with Gasteiger partial charge in [-0.05, 0) is 0 Å². The predicted molar refractivity (Wildman–Crippen MR) is 72.4 cm³/mol. The van der Waals surface area contributed by atoms with E-state index in [0.29, 0.717) is 10.0 Å². The number of hydrogen-bond donors (Lipinski definition) is 0. The van der Waals surface area contributed by atoms with Gasteiger partial charge in [-0.25, -0.2) is 0 Å². The summed E-state index contributed by atoms with van der Waals surface area (Å²) in [7, 11) is 0. The number of carbonyl (C=O) groups is 1. The Morgan fingerprint density at radius 3 is 2.35 bits per heavy atom. The Labute approximate surface area is 121 Å². The molecule has 0 amide bonds. The van der Waals surface area contributed by atoms with Gasteiger partial charge in [0.2, 0.25) is 0 Å². The van der Waals surface area contributed by atoms with Crippen LogP contribution in [-0.4, -0.2) is 20.7 Å². The summed E-state index contributed by atoms with van der Waals surface area (Å²) >= 11 is -0.297. The van der Waals surface area contributed by atoms with E-state index in [1.165, 1.54) is 6.07 Å². The molecule has 0 saturated heterocycles. The van der Waals surface area contributed by atoms with Crippen LogP contribution < -0.4 is 4.46 Å². The molecular formula is C15H11F3OSe. The van der Waals surface area contributed by atoms with E-state index in [1.807, 2.05) is 6.07 Å². The van der Waals surface area contributed by atoms with Crippen molar-refractivity contribution in [2.24, 2.45) is 0 Å². The zero-order valence-corrected chi connectivity index (χ0v) is 12.1. The first-order valence-electron chi connectivity index (χ1n) is 5.85. The van der Waals surface area contributed by atoms with Crippen LogP contribution in [-0.2, 0) is 6.18 Å². The molecule has 0 aromatic heterocycles. The van der Waals surface area contributed by atoms with E-state index >= 15 is 0 Å². The van der Waals surface area contributed by atoms with Crippen molar-refractivity contribution >= 4 is 25.2 Å². The van der Waals surface area contributed by atoms with Gasteiger partial charge >= 0.3 is 120 Å². The third kappa shape index (κ3) is 3.95. The van der Waals surface area contributed by atoms with Gasteiger partial charge in [0.05, 0.1) is 0 Å². The van der Waals surface area contributed by atoms with Crippen LogP contribution >= 0.6 is 0 Å². The molecule has 0 unspecified atom stereocenters. The Morgan fingerprint density at radius 1 is 1.00 bits per heavy atom. The van der Waals surface area contributed by atoms with Gasteiger partial charge in [0, 0.05) is 0 Å². The number of benzene rings is 2. The molecule has 0 spiro atoms. The molecule has 0 aliphatic carbocycles. The fourth-order valence-electron chi connectivity index (χ4n) is 1.62. The van der Waals surface area contributed by atoms with Gasteiger partial charge in [-0.3, -0.25) is 0 Å². The molecule has 0 N–H and O–H groups in total. The molecule has 0 atom stereocenters. The molecule has 20 heavy (non-hydrogen) atoms. The third-order valence-electron chi connectivity index (χ3n) is 2.63. The Bertz CT molecular complexity index is 594. The van der Waals surface area contributed by atoms with Crippen LogP contribution in [0.25, 0.3) is 0 Å². The van der Waals surface area contributed by atoms with Crippen molar-refractivity contribution in [3.05, 3.63) is 65.7 Å². The average molecular weight is 343 g/mol. The van der Waals surface area contributed by atoms with Gasteiger partial charge in [-0.1, -0.05) is 0 Å². The van der Waals surface area contributed by atoms with Gasteiger partial charge in [0.1, 0.15) is 0 Å². The normalized spacial score (nSPS) is 11.3. The fourth-order valence-corrected chi connectivity index (χ4v) is 3.40. The standard InChI is InChI=1S/C15H11F3OSe/c16-15(17,18)12-7-4-8-13(9-12)20-10-14(19)11-5-2-1-3-6-11/h1-9H,10H2. The number of hydrogen-bond acceptors (Lipinski definition) is 1. The summed E-state index contributed by atoms with van der Waals surface area (Å²) in [6.07, 6.45) is -4.34. The zero-order chi connectivity index (χ0) is 14.6. The Balaban J connectivity index is 2.03. The fraction of sp³-hybridized carbons (Fsp3) is 0.133. The van der Waals surface area contributed by atoms with Crippen molar-refractivity contribution in [2.75, 3.05) is 0 Å². The van der Waals surface area contributed by atoms with Gasteiger partial charge in [-0.15, -0.1) is 0 Å². The van der Waals surface area contributed by atoms with Gasteiger partial charge in [-0.2, -0.15) is 0 Å². The van der Waals surface area contributed by atoms with E-state index in [0.717, 1.165) is 12.1 Å². The molecule has 0 bridgehead atoms. The van der Waals surface area contributed by atoms with E-state index < -0.39 is 11.7 Å². The third-order valence-corrected chi connectivity index (χ3v) is 4.71. The first-order valence-corrected chi connectivity index (χ1v) is 7.92. The van der Waals surface area contributed by atoms with Crippen LogP contribution in [0.1, 0.15) is 15.9 Å². The van der Waals surface area contributed by atoms with Crippen molar-refractivity contribution in [1.82, 2.24) is 0 Å². The minimum atomic E-state index is -4.34. The van der Waals surface area contributed by atoms with Crippen molar-refractivity contribution in [1.29, 1.82) is 0 Å². The average Bonchev–Trinajstić information content (AvgIpc) is 2.45. The van der Waals surface area contributed by atoms with Gasteiger partial charge < -0.3 is 0 Å². The Morgan fingerprint density at radius 2 is 1.70 bits per heavy atom. The van der Waals surface area contributed by atoms with Crippen molar-refractivity contribution in [2.45, 2.75) is 11.5 Å². The van der Waals surface area contributed by atoms with E-state index in [1.54, 1.807) is 30.3 Å². The summed E-state index contributed by atoms with van der Waals surface area (Å²) < 4.78 is 38.3. The summed E-state index contributed by atoms with van der Waals surface area (Å²) in [6, 6.07) is 14.0. The van der Waals surface area contributed by atoms with Crippen LogP contribution in [0.5, 0.6) is 0 Å². The molecule has 0 fully saturated rings. The summed E-state index contributed by atoms with van der Waals surface area (Å²) in [5.74, 6) is -0.0389. The van der Waals surface area contributed by atoms with Crippen LogP contribution in [0.2, 0.25) is 5.32 Å². The molecule has 104 valence electrons. The predicted octanol–water partition coefficient (Wildman–Crippen LogP) is 3.34. The Kier molecular flexibility index (Phi) is 4.63. The molecule has 0 aliphatic heterocycles. The molecule has 0 radical (unpaired) electrons. The number of ketones is 1. The van der Waals surface area contributed by atoms with E-state index in [2.05, 4.69) is 0 Å². The van der Waals surface area contributed by atoms with Gasteiger partial charge in [0.25, 0.3) is 0 Å². The molecule has 0 aliphatic rings.